The Hall–Kier alpha value is -1.20. The van der Waals surface area contributed by atoms with Gasteiger partial charge in [-0.3, -0.25) is 0 Å². The zero-order valence-electron chi connectivity index (χ0n) is 11.5. The number of aromatic nitrogens is 1. The summed E-state index contributed by atoms with van der Waals surface area (Å²) < 4.78 is 25.0. The minimum atomic E-state index is -0.381. The first kappa shape index (κ1) is 14.2. The molecule has 1 aliphatic heterocycles. The van der Waals surface area contributed by atoms with Gasteiger partial charge in [0.15, 0.2) is 5.82 Å². The zero-order valence-corrected chi connectivity index (χ0v) is 11.5. The second-order valence-electron chi connectivity index (χ2n) is 5.07. The molecule has 0 aliphatic carbocycles. The van der Waals surface area contributed by atoms with Crippen LogP contribution in [0.15, 0.2) is 12.3 Å². The van der Waals surface area contributed by atoms with E-state index in [4.69, 9.17) is 9.47 Å². The standard InChI is InChI=1S/C14H21FN2O2/c1-10(2)17-8-11-5-6-16-14(13(11)15)19-9-12-4-3-7-18-12/h5-6,10,12,17H,3-4,7-9H2,1-2H3. The lowest BCUT2D eigenvalue weighted by Crippen LogP contribution is -2.23. The fraction of sp³-hybridized carbons (Fsp3) is 0.643. The Morgan fingerprint density at radius 3 is 3.11 bits per heavy atom. The number of nitrogens with zero attached hydrogens (tertiary/aromatic N) is 1. The molecule has 5 heteroatoms. The molecule has 0 spiro atoms. The van der Waals surface area contributed by atoms with Gasteiger partial charge in [-0.15, -0.1) is 0 Å². The molecule has 1 aromatic heterocycles. The topological polar surface area (TPSA) is 43.4 Å². The molecule has 106 valence electrons. The molecule has 2 rings (SSSR count). The van der Waals surface area contributed by atoms with Crippen molar-refractivity contribution in [1.82, 2.24) is 10.3 Å². The van der Waals surface area contributed by atoms with E-state index < -0.39 is 0 Å². The monoisotopic (exact) mass is 268 g/mol. The first-order chi connectivity index (χ1) is 9.16. The van der Waals surface area contributed by atoms with Gasteiger partial charge in [-0.1, -0.05) is 13.8 Å². The van der Waals surface area contributed by atoms with Gasteiger partial charge in [0.2, 0.25) is 0 Å². The van der Waals surface area contributed by atoms with Gasteiger partial charge >= 0.3 is 0 Å². The molecule has 0 saturated carbocycles. The molecule has 0 radical (unpaired) electrons. The molecule has 4 nitrogen and oxygen atoms in total. The first-order valence-corrected chi connectivity index (χ1v) is 6.78. The van der Waals surface area contributed by atoms with E-state index >= 15 is 0 Å². The van der Waals surface area contributed by atoms with Gasteiger partial charge in [0.1, 0.15) is 6.61 Å². The van der Waals surface area contributed by atoms with Gasteiger partial charge in [0.25, 0.3) is 5.88 Å². The maximum absolute atomic E-state index is 14.1. The van der Waals surface area contributed by atoms with Crippen LogP contribution in [0.5, 0.6) is 5.88 Å². The largest absolute Gasteiger partial charge is 0.473 e. The number of ether oxygens (including phenoxy) is 2. The summed E-state index contributed by atoms with van der Waals surface area (Å²) in [5, 5.41) is 3.18. The van der Waals surface area contributed by atoms with E-state index in [0.29, 0.717) is 24.8 Å². The van der Waals surface area contributed by atoms with Crippen LogP contribution in [0.1, 0.15) is 32.3 Å². The predicted molar refractivity (Wildman–Crippen MR) is 70.6 cm³/mol. The molecule has 1 saturated heterocycles. The molecule has 0 bridgehead atoms. The molecule has 1 unspecified atom stereocenters. The third kappa shape index (κ3) is 4.14. The molecule has 2 heterocycles. The molecule has 1 aliphatic rings. The highest BCUT2D eigenvalue weighted by Crippen LogP contribution is 2.19. The van der Waals surface area contributed by atoms with Crippen molar-refractivity contribution in [3.05, 3.63) is 23.6 Å². The van der Waals surface area contributed by atoms with E-state index in [0.717, 1.165) is 19.4 Å². The Morgan fingerprint density at radius 1 is 1.58 bits per heavy atom. The average molecular weight is 268 g/mol. The fourth-order valence-corrected chi connectivity index (χ4v) is 1.96. The second kappa shape index (κ2) is 6.82. The Balaban J connectivity index is 1.94. The minimum absolute atomic E-state index is 0.0681. The summed E-state index contributed by atoms with van der Waals surface area (Å²) >= 11 is 0. The van der Waals surface area contributed by atoms with Crippen LogP contribution >= 0.6 is 0 Å². The van der Waals surface area contributed by atoms with Crippen LogP contribution in [0, 0.1) is 5.82 Å². The predicted octanol–water partition coefficient (Wildman–Crippen LogP) is 2.28. The number of nitrogens with one attached hydrogen (secondary N) is 1. The molecule has 1 N–H and O–H groups in total. The Kier molecular flexibility index (Phi) is 5.10. The van der Waals surface area contributed by atoms with Crippen LogP contribution in [0.3, 0.4) is 0 Å². The van der Waals surface area contributed by atoms with Crippen LogP contribution < -0.4 is 10.1 Å². The average Bonchev–Trinajstić information content (AvgIpc) is 2.89. The van der Waals surface area contributed by atoms with Crippen molar-refractivity contribution in [2.45, 2.75) is 45.4 Å². The molecule has 19 heavy (non-hydrogen) atoms. The third-order valence-electron chi connectivity index (χ3n) is 3.07. The van der Waals surface area contributed by atoms with Gasteiger partial charge in [-0.05, 0) is 18.9 Å². The number of hydrogen-bond donors (Lipinski definition) is 1. The van der Waals surface area contributed by atoms with Crippen LogP contribution in [0.2, 0.25) is 0 Å². The number of halogens is 1. The van der Waals surface area contributed by atoms with Crippen molar-refractivity contribution in [2.75, 3.05) is 13.2 Å². The van der Waals surface area contributed by atoms with Gasteiger partial charge in [-0.25, -0.2) is 9.37 Å². The number of hydrogen-bond acceptors (Lipinski definition) is 4. The van der Waals surface area contributed by atoms with Crippen molar-refractivity contribution in [1.29, 1.82) is 0 Å². The van der Waals surface area contributed by atoms with Gasteiger partial charge in [0, 0.05) is 31.0 Å². The minimum Gasteiger partial charge on any atom is -0.473 e. The summed E-state index contributed by atoms with van der Waals surface area (Å²) in [5.74, 6) is -0.313. The van der Waals surface area contributed by atoms with Crippen molar-refractivity contribution < 1.29 is 13.9 Å². The quantitative estimate of drug-likeness (QED) is 0.859. The highest BCUT2D eigenvalue weighted by atomic mass is 19.1. The van der Waals surface area contributed by atoms with Crippen LogP contribution in [-0.2, 0) is 11.3 Å². The number of rotatable bonds is 6. The van der Waals surface area contributed by atoms with Crippen molar-refractivity contribution in [3.8, 4) is 5.88 Å². The molecular weight excluding hydrogens is 247 g/mol. The van der Waals surface area contributed by atoms with Crippen LogP contribution in [0.4, 0.5) is 4.39 Å². The van der Waals surface area contributed by atoms with Gasteiger partial charge in [-0.2, -0.15) is 0 Å². The molecule has 1 fully saturated rings. The zero-order chi connectivity index (χ0) is 13.7. The van der Waals surface area contributed by atoms with E-state index in [9.17, 15) is 4.39 Å². The smallest absolute Gasteiger partial charge is 0.250 e. The van der Waals surface area contributed by atoms with E-state index in [1.165, 1.54) is 0 Å². The molecule has 0 aromatic carbocycles. The van der Waals surface area contributed by atoms with Crippen LogP contribution in [-0.4, -0.2) is 30.3 Å². The molecule has 1 aromatic rings. The lowest BCUT2D eigenvalue weighted by atomic mass is 10.2. The fourth-order valence-electron chi connectivity index (χ4n) is 1.96. The first-order valence-electron chi connectivity index (χ1n) is 6.78. The normalized spacial score (nSPS) is 19.1. The van der Waals surface area contributed by atoms with Gasteiger partial charge < -0.3 is 14.8 Å². The van der Waals surface area contributed by atoms with E-state index in [1.807, 2.05) is 13.8 Å². The van der Waals surface area contributed by atoms with Crippen molar-refractivity contribution in [3.63, 3.8) is 0 Å². The highest BCUT2D eigenvalue weighted by molar-refractivity contribution is 5.23. The summed E-state index contributed by atoms with van der Waals surface area (Å²) in [6, 6.07) is 1.98. The molecular formula is C14H21FN2O2. The van der Waals surface area contributed by atoms with E-state index in [1.54, 1.807) is 12.3 Å². The summed E-state index contributed by atoms with van der Waals surface area (Å²) in [6.45, 7) is 5.65. The van der Waals surface area contributed by atoms with Crippen molar-refractivity contribution in [2.24, 2.45) is 0 Å². The van der Waals surface area contributed by atoms with Gasteiger partial charge in [0.05, 0.1) is 6.10 Å². The van der Waals surface area contributed by atoms with Crippen LogP contribution in [0.25, 0.3) is 0 Å². The van der Waals surface area contributed by atoms with E-state index in [2.05, 4.69) is 10.3 Å². The maximum Gasteiger partial charge on any atom is 0.250 e. The third-order valence-corrected chi connectivity index (χ3v) is 3.07. The molecule has 1 atom stereocenters. The highest BCUT2D eigenvalue weighted by Gasteiger charge is 2.18. The summed E-state index contributed by atoms with van der Waals surface area (Å²) in [4.78, 5) is 3.95. The summed E-state index contributed by atoms with van der Waals surface area (Å²) in [6.07, 6.45) is 3.66. The summed E-state index contributed by atoms with van der Waals surface area (Å²) in [7, 11) is 0. The lowest BCUT2D eigenvalue weighted by Gasteiger charge is -2.13. The maximum atomic E-state index is 14.1. The lowest BCUT2D eigenvalue weighted by molar-refractivity contribution is 0.0647. The second-order valence-corrected chi connectivity index (χ2v) is 5.07. The Labute approximate surface area is 113 Å². The Bertz CT molecular complexity index is 406. The van der Waals surface area contributed by atoms with E-state index in [-0.39, 0.29) is 17.8 Å². The number of pyridine rings is 1. The molecule has 0 amide bonds. The SMILES string of the molecule is CC(C)NCc1ccnc(OCC2CCCO2)c1F. The summed E-state index contributed by atoms with van der Waals surface area (Å²) in [5.41, 5.74) is 0.575. The Morgan fingerprint density at radius 2 is 2.42 bits per heavy atom. The van der Waals surface area contributed by atoms with Crippen molar-refractivity contribution >= 4 is 0 Å².